The number of likely N-dealkylation sites (N-methyl/N-ethyl adjacent to an activating group) is 1. The maximum atomic E-state index is 12.6. The van der Waals surface area contributed by atoms with Gasteiger partial charge < -0.3 is 10.6 Å². The van der Waals surface area contributed by atoms with Crippen LogP contribution in [0.5, 0.6) is 0 Å². The minimum absolute atomic E-state index is 0.131. The van der Waals surface area contributed by atoms with Crippen molar-refractivity contribution in [3.05, 3.63) is 29.8 Å². The lowest BCUT2D eigenvalue weighted by molar-refractivity contribution is -0.119. The largest absolute Gasteiger partial charge is 0.358 e. The van der Waals surface area contributed by atoms with Crippen LogP contribution in [0.2, 0.25) is 0 Å². The molecule has 0 spiro atoms. The minimum atomic E-state index is -0.734. The molecule has 0 radical (unpaired) electrons. The highest BCUT2D eigenvalue weighted by molar-refractivity contribution is 5.96. The Bertz CT molecular complexity index is 381. The van der Waals surface area contributed by atoms with Gasteiger partial charge in [-0.25, -0.2) is 4.98 Å². The molecule has 0 aliphatic carbocycles. The summed E-state index contributed by atoms with van der Waals surface area (Å²) in [5, 5.41) is 4.67. The Kier molecular flexibility index (Phi) is 3.73. The molecule has 0 saturated heterocycles. The van der Waals surface area contributed by atoms with Gasteiger partial charge in [0.25, 0.3) is 5.91 Å². The molecule has 0 unspecified atom stereocenters. The molecule has 6 heteroatoms. The van der Waals surface area contributed by atoms with Gasteiger partial charge in [0.15, 0.2) is 0 Å². The van der Waals surface area contributed by atoms with Crippen LogP contribution in [0.25, 0.3) is 0 Å². The van der Waals surface area contributed by atoms with E-state index in [9.17, 15) is 14.0 Å². The van der Waals surface area contributed by atoms with Gasteiger partial charge in [-0.05, 0) is 6.07 Å². The maximum absolute atomic E-state index is 12.6. The fraction of sp³-hybridized carbons (Fsp3) is 0.222. The topological polar surface area (TPSA) is 71.1 Å². The molecule has 1 aromatic heterocycles. The first-order valence-electron chi connectivity index (χ1n) is 4.24. The summed E-state index contributed by atoms with van der Waals surface area (Å²) in [5.74, 6) is -1.57. The summed E-state index contributed by atoms with van der Waals surface area (Å²) in [6.07, 6.45) is 1.18. The molecule has 80 valence electrons. The molecule has 2 amide bonds. The van der Waals surface area contributed by atoms with E-state index in [1.165, 1.54) is 19.3 Å². The maximum Gasteiger partial charge on any atom is 0.251 e. The third-order valence-electron chi connectivity index (χ3n) is 1.68. The average molecular weight is 211 g/mol. The Balaban J connectivity index is 2.58. The summed E-state index contributed by atoms with van der Waals surface area (Å²) < 4.78 is 12.6. The van der Waals surface area contributed by atoms with Gasteiger partial charge in [-0.1, -0.05) is 0 Å². The van der Waals surface area contributed by atoms with E-state index in [2.05, 4.69) is 15.6 Å². The first-order valence-corrected chi connectivity index (χ1v) is 4.24. The molecule has 0 atom stereocenters. The Morgan fingerprint density at radius 3 is 2.87 bits per heavy atom. The zero-order chi connectivity index (χ0) is 11.3. The van der Waals surface area contributed by atoms with E-state index >= 15 is 0 Å². The number of nitrogens with one attached hydrogen (secondary N) is 2. The van der Waals surface area contributed by atoms with Crippen LogP contribution in [0, 0.1) is 5.95 Å². The fourth-order valence-corrected chi connectivity index (χ4v) is 0.895. The molecule has 1 heterocycles. The summed E-state index contributed by atoms with van der Waals surface area (Å²) >= 11 is 0. The van der Waals surface area contributed by atoms with Crippen LogP contribution in [0.15, 0.2) is 18.3 Å². The highest BCUT2D eigenvalue weighted by Gasteiger charge is 2.07. The van der Waals surface area contributed by atoms with E-state index in [4.69, 9.17) is 0 Å². The van der Waals surface area contributed by atoms with Crippen molar-refractivity contribution in [2.45, 2.75) is 0 Å². The molecule has 0 aliphatic heterocycles. The lowest BCUT2D eigenvalue weighted by Gasteiger charge is -2.03. The molecule has 0 bridgehead atoms. The average Bonchev–Trinajstić information content (AvgIpc) is 2.25. The molecule has 0 aromatic carbocycles. The van der Waals surface area contributed by atoms with Gasteiger partial charge in [0.2, 0.25) is 11.9 Å². The molecule has 1 aromatic rings. The first-order chi connectivity index (χ1) is 7.13. The summed E-state index contributed by atoms with van der Waals surface area (Å²) in [5.41, 5.74) is 0.131. The Hall–Kier alpha value is -1.98. The van der Waals surface area contributed by atoms with Gasteiger partial charge in [0.05, 0.1) is 6.54 Å². The quantitative estimate of drug-likeness (QED) is 0.674. The van der Waals surface area contributed by atoms with Crippen molar-refractivity contribution in [1.82, 2.24) is 15.6 Å². The molecular weight excluding hydrogens is 201 g/mol. The number of rotatable bonds is 3. The lowest BCUT2D eigenvalue weighted by atomic mass is 10.2. The second kappa shape index (κ2) is 5.04. The second-order valence-corrected chi connectivity index (χ2v) is 2.72. The molecular formula is C9H10FN3O2. The SMILES string of the molecule is CNC(=O)CNC(=O)c1ccnc(F)c1. The Labute approximate surface area is 85.7 Å². The van der Waals surface area contributed by atoms with Crippen LogP contribution in [-0.4, -0.2) is 30.4 Å². The highest BCUT2D eigenvalue weighted by atomic mass is 19.1. The van der Waals surface area contributed by atoms with Crippen LogP contribution < -0.4 is 10.6 Å². The van der Waals surface area contributed by atoms with Crippen molar-refractivity contribution < 1.29 is 14.0 Å². The van der Waals surface area contributed by atoms with Crippen LogP contribution in [0.4, 0.5) is 4.39 Å². The van der Waals surface area contributed by atoms with E-state index in [0.717, 1.165) is 6.07 Å². The predicted octanol–water partition coefficient (Wildman–Crippen LogP) is -0.304. The third-order valence-corrected chi connectivity index (χ3v) is 1.68. The molecule has 1 rings (SSSR count). The van der Waals surface area contributed by atoms with Crippen LogP contribution in [0.3, 0.4) is 0 Å². The number of carbonyl (C=O) groups is 2. The second-order valence-electron chi connectivity index (χ2n) is 2.72. The lowest BCUT2D eigenvalue weighted by Crippen LogP contribution is -2.35. The highest BCUT2D eigenvalue weighted by Crippen LogP contribution is 1.99. The fourth-order valence-electron chi connectivity index (χ4n) is 0.895. The normalized spacial score (nSPS) is 9.47. The number of hydrogen-bond acceptors (Lipinski definition) is 3. The van der Waals surface area contributed by atoms with Gasteiger partial charge in [0.1, 0.15) is 0 Å². The molecule has 2 N–H and O–H groups in total. The molecule has 5 nitrogen and oxygen atoms in total. The van der Waals surface area contributed by atoms with Crippen LogP contribution >= 0.6 is 0 Å². The van der Waals surface area contributed by atoms with Crippen molar-refractivity contribution in [3.8, 4) is 0 Å². The van der Waals surface area contributed by atoms with Crippen molar-refractivity contribution in [1.29, 1.82) is 0 Å². The number of halogens is 1. The number of nitrogens with zero attached hydrogens (tertiary/aromatic N) is 1. The zero-order valence-electron chi connectivity index (χ0n) is 8.08. The van der Waals surface area contributed by atoms with Crippen molar-refractivity contribution in [2.75, 3.05) is 13.6 Å². The zero-order valence-corrected chi connectivity index (χ0v) is 8.08. The number of hydrogen-bond donors (Lipinski definition) is 2. The van der Waals surface area contributed by atoms with Gasteiger partial charge in [0, 0.05) is 24.9 Å². The van der Waals surface area contributed by atoms with E-state index in [1.807, 2.05) is 0 Å². The Morgan fingerprint density at radius 2 is 2.27 bits per heavy atom. The smallest absolute Gasteiger partial charge is 0.251 e. The van der Waals surface area contributed by atoms with Gasteiger partial charge in [-0.3, -0.25) is 9.59 Å². The van der Waals surface area contributed by atoms with Crippen LogP contribution in [-0.2, 0) is 4.79 Å². The van der Waals surface area contributed by atoms with Crippen molar-refractivity contribution in [2.24, 2.45) is 0 Å². The van der Waals surface area contributed by atoms with E-state index < -0.39 is 11.9 Å². The summed E-state index contributed by atoms with van der Waals surface area (Å²) in [6.45, 7) is -0.140. The van der Waals surface area contributed by atoms with Crippen molar-refractivity contribution >= 4 is 11.8 Å². The molecule has 0 aliphatic rings. The molecule has 0 saturated carbocycles. The summed E-state index contributed by atoms with van der Waals surface area (Å²) in [7, 11) is 1.46. The molecule has 15 heavy (non-hydrogen) atoms. The number of aromatic nitrogens is 1. The number of carbonyl (C=O) groups excluding carboxylic acids is 2. The number of amides is 2. The molecule has 0 fully saturated rings. The third kappa shape index (κ3) is 3.34. The standard InChI is InChI=1S/C9H10FN3O2/c1-11-8(14)5-13-9(15)6-2-3-12-7(10)4-6/h2-4H,5H2,1H3,(H,11,14)(H,13,15). The summed E-state index contributed by atoms with van der Waals surface area (Å²) in [6, 6.07) is 2.36. The van der Waals surface area contributed by atoms with Gasteiger partial charge in [-0.2, -0.15) is 4.39 Å². The summed E-state index contributed by atoms with van der Waals surface area (Å²) in [4.78, 5) is 25.4. The van der Waals surface area contributed by atoms with E-state index in [1.54, 1.807) is 0 Å². The van der Waals surface area contributed by atoms with Gasteiger partial charge >= 0.3 is 0 Å². The van der Waals surface area contributed by atoms with Gasteiger partial charge in [-0.15, -0.1) is 0 Å². The van der Waals surface area contributed by atoms with E-state index in [0.29, 0.717) is 0 Å². The van der Waals surface area contributed by atoms with Crippen LogP contribution in [0.1, 0.15) is 10.4 Å². The number of pyridine rings is 1. The predicted molar refractivity (Wildman–Crippen MR) is 50.6 cm³/mol. The first kappa shape index (κ1) is 11.1. The monoisotopic (exact) mass is 211 g/mol. The minimum Gasteiger partial charge on any atom is -0.358 e. The van der Waals surface area contributed by atoms with Crippen molar-refractivity contribution in [3.63, 3.8) is 0 Å². The Morgan fingerprint density at radius 1 is 1.53 bits per heavy atom. The van der Waals surface area contributed by atoms with E-state index in [-0.39, 0.29) is 18.0 Å².